The van der Waals surface area contributed by atoms with Crippen LogP contribution >= 0.6 is 0 Å². The smallest absolute Gasteiger partial charge is 0.267 e. The van der Waals surface area contributed by atoms with Gasteiger partial charge in [-0.15, -0.1) is 0 Å². The van der Waals surface area contributed by atoms with Gasteiger partial charge in [0.1, 0.15) is 11.6 Å². The molecule has 4 nitrogen and oxygen atoms in total. The second-order valence-corrected chi connectivity index (χ2v) is 2.82. The topological polar surface area (TPSA) is 69.5 Å². The fourth-order valence-electron chi connectivity index (χ4n) is 1.55. The third-order valence-corrected chi connectivity index (χ3v) is 2.12. The molecule has 1 heterocycles. The first-order valence-corrected chi connectivity index (χ1v) is 3.83. The maximum absolute atomic E-state index is 11.1. The van der Waals surface area contributed by atoms with Gasteiger partial charge in [0.25, 0.3) is 5.56 Å². The van der Waals surface area contributed by atoms with Gasteiger partial charge in [-0.3, -0.25) is 4.79 Å². The van der Waals surface area contributed by atoms with Crippen LogP contribution in [0.2, 0.25) is 0 Å². The highest BCUT2D eigenvalue weighted by atomic mass is 16.1. The van der Waals surface area contributed by atoms with Gasteiger partial charge in [-0.25, -0.2) is 5.10 Å². The highest BCUT2D eigenvalue weighted by Gasteiger charge is 2.18. The Morgan fingerprint density at radius 1 is 1.50 bits per heavy atom. The van der Waals surface area contributed by atoms with E-state index in [0.717, 1.165) is 30.5 Å². The lowest BCUT2D eigenvalue weighted by molar-refractivity contribution is 0.871. The summed E-state index contributed by atoms with van der Waals surface area (Å²) in [5.74, 6) is 0. The molecule has 0 saturated heterocycles. The van der Waals surface area contributed by atoms with Gasteiger partial charge < -0.3 is 0 Å². The van der Waals surface area contributed by atoms with Crippen molar-refractivity contribution in [3.8, 4) is 6.07 Å². The first-order valence-electron chi connectivity index (χ1n) is 3.83. The lowest BCUT2D eigenvalue weighted by Gasteiger charge is -1.96. The molecule has 0 fully saturated rings. The predicted octanol–water partition coefficient (Wildman–Crippen LogP) is 0.130. The molecule has 2 rings (SSSR count). The number of fused-ring (bicyclic) bond motifs is 1. The molecule has 1 aliphatic carbocycles. The second-order valence-electron chi connectivity index (χ2n) is 2.82. The Labute approximate surface area is 68.8 Å². The Morgan fingerprint density at radius 3 is 3.08 bits per heavy atom. The molecule has 0 bridgehead atoms. The number of aromatic amines is 1. The number of aryl methyl sites for hydroxylation is 1. The summed E-state index contributed by atoms with van der Waals surface area (Å²) < 4.78 is 0. The molecular formula is C8H7N3O. The van der Waals surface area contributed by atoms with Crippen molar-refractivity contribution in [2.75, 3.05) is 0 Å². The minimum Gasteiger partial charge on any atom is -0.267 e. The average molecular weight is 161 g/mol. The first kappa shape index (κ1) is 7.04. The summed E-state index contributed by atoms with van der Waals surface area (Å²) in [5.41, 5.74) is 1.61. The molecule has 0 amide bonds. The SMILES string of the molecule is N#Cc1c2c(n[nH]c1=O)CCC2. The van der Waals surface area contributed by atoms with Gasteiger partial charge in [0, 0.05) is 0 Å². The molecule has 4 heteroatoms. The largest absolute Gasteiger partial charge is 0.282 e. The number of rotatable bonds is 0. The molecule has 0 spiro atoms. The molecule has 1 aromatic heterocycles. The van der Waals surface area contributed by atoms with Crippen molar-refractivity contribution in [3.63, 3.8) is 0 Å². The number of aromatic nitrogens is 2. The van der Waals surface area contributed by atoms with Gasteiger partial charge in [-0.1, -0.05) is 0 Å². The zero-order chi connectivity index (χ0) is 8.55. The van der Waals surface area contributed by atoms with Gasteiger partial charge in [-0.2, -0.15) is 10.4 Å². The Kier molecular flexibility index (Phi) is 1.44. The molecule has 0 unspecified atom stereocenters. The first-order chi connectivity index (χ1) is 5.83. The summed E-state index contributed by atoms with van der Waals surface area (Å²) in [4.78, 5) is 11.1. The van der Waals surface area contributed by atoms with E-state index in [-0.39, 0.29) is 11.1 Å². The summed E-state index contributed by atoms with van der Waals surface area (Å²) in [6, 6.07) is 1.91. The van der Waals surface area contributed by atoms with E-state index in [0.29, 0.717) is 0 Å². The van der Waals surface area contributed by atoms with Crippen LogP contribution in [0.15, 0.2) is 4.79 Å². The summed E-state index contributed by atoms with van der Waals surface area (Å²) in [6.07, 6.45) is 2.68. The minimum atomic E-state index is -0.363. The molecule has 0 aliphatic heterocycles. The molecule has 60 valence electrons. The molecule has 0 aromatic carbocycles. The Hall–Kier alpha value is -1.63. The number of nitriles is 1. The van der Waals surface area contributed by atoms with E-state index in [9.17, 15) is 4.79 Å². The van der Waals surface area contributed by atoms with Gasteiger partial charge in [0.15, 0.2) is 0 Å². The summed E-state index contributed by atoms with van der Waals surface area (Å²) in [6.45, 7) is 0. The van der Waals surface area contributed by atoms with Crippen LogP contribution in [-0.2, 0) is 12.8 Å². The Balaban J connectivity index is 2.76. The van der Waals surface area contributed by atoms with Crippen LogP contribution < -0.4 is 5.56 Å². The second kappa shape index (κ2) is 2.45. The van der Waals surface area contributed by atoms with Crippen molar-refractivity contribution in [2.24, 2.45) is 0 Å². The average Bonchev–Trinajstić information content (AvgIpc) is 2.52. The monoisotopic (exact) mass is 161 g/mol. The predicted molar refractivity (Wildman–Crippen MR) is 41.6 cm³/mol. The van der Waals surface area contributed by atoms with Crippen LogP contribution in [-0.4, -0.2) is 10.2 Å². The fourth-order valence-corrected chi connectivity index (χ4v) is 1.55. The maximum Gasteiger partial charge on any atom is 0.282 e. The summed E-state index contributed by atoms with van der Waals surface area (Å²) >= 11 is 0. The Morgan fingerprint density at radius 2 is 2.33 bits per heavy atom. The van der Waals surface area contributed by atoms with E-state index in [2.05, 4.69) is 10.2 Å². The van der Waals surface area contributed by atoms with Crippen LogP contribution in [0, 0.1) is 11.3 Å². The van der Waals surface area contributed by atoms with E-state index in [4.69, 9.17) is 5.26 Å². The fraction of sp³-hybridized carbons (Fsp3) is 0.375. The molecule has 12 heavy (non-hydrogen) atoms. The van der Waals surface area contributed by atoms with E-state index >= 15 is 0 Å². The summed E-state index contributed by atoms with van der Waals surface area (Å²) in [7, 11) is 0. The van der Waals surface area contributed by atoms with Crippen molar-refractivity contribution in [1.29, 1.82) is 5.26 Å². The van der Waals surface area contributed by atoms with Crippen molar-refractivity contribution in [3.05, 3.63) is 27.2 Å². The molecule has 0 atom stereocenters. The number of hydrogen-bond donors (Lipinski definition) is 1. The van der Waals surface area contributed by atoms with Gasteiger partial charge >= 0.3 is 0 Å². The van der Waals surface area contributed by atoms with E-state index in [1.807, 2.05) is 6.07 Å². The minimum absolute atomic E-state index is 0.248. The number of nitrogens with zero attached hydrogens (tertiary/aromatic N) is 2. The number of H-pyrrole nitrogens is 1. The van der Waals surface area contributed by atoms with Crippen LogP contribution in [0.3, 0.4) is 0 Å². The van der Waals surface area contributed by atoms with Gasteiger partial charge in [-0.05, 0) is 24.8 Å². The molecule has 1 N–H and O–H groups in total. The normalized spacial score (nSPS) is 13.9. The maximum atomic E-state index is 11.1. The third-order valence-electron chi connectivity index (χ3n) is 2.12. The van der Waals surface area contributed by atoms with Gasteiger partial charge in [0.05, 0.1) is 5.69 Å². The van der Waals surface area contributed by atoms with Crippen molar-refractivity contribution >= 4 is 0 Å². The molecule has 1 aliphatic rings. The van der Waals surface area contributed by atoms with E-state index in [1.165, 1.54) is 0 Å². The zero-order valence-electron chi connectivity index (χ0n) is 6.42. The molecule has 1 aromatic rings. The third kappa shape index (κ3) is 0.832. The van der Waals surface area contributed by atoms with Gasteiger partial charge in [0.2, 0.25) is 0 Å². The number of hydrogen-bond acceptors (Lipinski definition) is 3. The van der Waals surface area contributed by atoms with Crippen molar-refractivity contribution in [1.82, 2.24) is 10.2 Å². The lowest BCUT2D eigenvalue weighted by atomic mass is 10.1. The van der Waals surface area contributed by atoms with E-state index in [1.54, 1.807) is 0 Å². The molecule has 0 saturated carbocycles. The summed E-state index contributed by atoms with van der Waals surface area (Å²) in [5, 5.41) is 14.9. The van der Waals surface area contributed by atoms with E-state index < -0.39 is 0 Å². The van der Waals surface area contributed by atoms with Crippen LogP contribution in [0.1, 0.15) is 23.2 Å². The zero-order valence-corrected chi connectivity index (χ0v) is 6.42. The molecule has 0 radical (unpaired) electrons. The standard InChI is InChI=1S/C8H7N3O/c9-4-6-5-2-1-3-7(5)10-11-8(6)12/h1-3H2,(H,11,12). The van der Waals surface area contributed by atoms with Crippen LogP contribution in [0.4, 0.5) is 0 Å². The van der Waals surface area contributed by atoms with Crippen molar-refractivity contribution < 1.29 is 0 Å². The highest BCUT2D eigenvalue weighted by Crippen LogP contribution is 2.19. The lowest BCUT2D eigenvalue weighted by Crippen LogP contribution is -2.15. The quantitative estimate of drug-likeness (QED) is 0.588. The van der Waals surface area contributed by atoms with Crippen LogP contribution in [0.25, 0.3) is 0 Å². The van der Waals surface area contributed by atoms with Crippen LogP contribution in [0.5, 0.6) is 0 Å². The van der Waals surface area contributed by atoms with Crippen molar-refractivity contribution in [2.45, 2.75) is 19.3 Å². The highest BCUT2D eigenvalue weighted by molar-refractivity contribution is 5.39. The Bertz CT molecular complexity index is 413. The molecular weight excluding hydrogens is 154 g/mol. The number of nitrogens with one attached hydrogen (secondary N) is 1.